The van der Waals surface area contributed by atoms with E-state index in [2.05, 4.69) is 70.7 Å². The molecule has 0 aliphatic carbocycles. The van der Waals surface area contributed by atoms with Crippen LogP contribution in [0.5, 0.6) is 0 Å². The molecule has 0 amide bonds. The molecule has 2 aromatic carbocycles. The lowest BCUT2D eigenvalue weighted by atomic mass is 10.0. The predicted molar refractivity (Wildman–Crippen MR) is 76.4 cm³/mol. The Morgan fingerprint density at radius 2 is 1.84 bits per heavy atom. The van der Waals surface area contributed by atoms with Crippen LogP contribution in [0.2, 0.25) is 0 Å². The van der Waals surface area contributed by atoms with Gasteiger partial charge >= 0.3 is 0 Å². The third-order valence-electron chi connectivity index (χ3n) is 4.49. The number of hydrogen-bond acceptors (Lipinski definition) is 0. The number of imidazole rings is 1. The summed E-state index contributed by atoms with van der Waals surface area (Å²) in [7, 11) is 0. The van der Waals surface area contributed by atoms with Crippen LogP contribution in [0, 0.1) is 0 Å². The Bertz CT molecular complexity index is 979. The highest BCUT2D eigenvalue weighted by atomic mass is 15.1. The Kier molecular flexibility index (Phi) is 1.49. The van der Waals surface area contributed by atoms with Crippen molar-refractivity contribution in [1.82, 2.24) is 4.40 Å². The second-order valence-electron chi connectivity index (χ2n) is 5.36. The number of para-hydroxylation sites is 1. The zero-order valence-corrected chi connectivity index (χ0v) is 10.7. The summed E-state index contributed by atoms with van der Waals surface area (Å²) in [6.07, 6.45) is 4.38. The van der Waals surface area contributed by atoms with E-state index in [1.165, 1.54) is 32.9 Å². The molecule has 2 nitrogen and oxygen atoms in total. The first-order valence-electron chi connectivity index (χ1n) is 6.72. The van der Waals surface area contributed by atoms with Gasteiger partial charge in [0.15, 0.2) is 0 Å². The maximum atomic E-state index is 2.38. The highest BCUT2D eigenvalue weighted by Gasteiger charge is 2.31. The molecule has 5 rings (SSSR count). The lowest BCUT2D eigenvalue weighted by molar-refractivity contribution is -0.680. The van der Waals surface area contributed by atoms with Crippen molar-refractivity contribution >= 4 is 27.3 Å². The Labute approximate surface area is 110 Å². The zero-order valence-electron chi connectivity index (χ0n) is 10.7. The number of aromatic nitrogens is 2. The van der Waals surface area contributed by atoms with E-state index < -0.39 is 0 Å². The predicted octanol–water partition coefficient (Wildman–Crippen LogP) is 3.46. The molecule has 1 atom stereocenters. The minimum Gasteiger partial charge on any atom is -0.223 e. The average molecular weight is 245 g/mol. The Balaban J connectivity index is 2.27. The molecule has 19 heavy (non-hydrogen) atoms. The van der Waals surface area contributed by atoms with Gasteiger partial charge in [0.1, 0.15) is 24.0 Å². The van der Waals surface area contributed by atoms with Gasteiger partial charge in [-0.15, -0.1) is 0 Å². The summed E-state index contributed by atoms with van der Waals surface area (Å²) in [5.74, 6) is 0. The average Bonchev–Trinajstić information content (AvgIpc) is 3.01. The number of benzene rings is 2. The van der Waals surface area contributed by atoms with Crippen LogP contribution in [0.4, 0.5) is 0 Å². The van der Waals surface area contributed by atoms with Crippen LogP contribution < -0.4 is 4.57 Å². The molecular weight excluding hydrogens is 232 g/mol. The van der Waals surface area contributed by atoms with Crippen molar-refractivity contribution in [3.05, 3.63) is 60.4 Å². The van der Waals surface area contributed by atoms with Crippen LogP contribution in [-0.2, 0) is 0 Å². The van der Waals surface area contributed by atoms with Crippen LogP contribution in [0.3, 0.4) is 0 Å². The van der Waals surface area contributed by atoms with Crippen molar-refractivity contribution in [3.8, 4) is 0 Å². The molecule has 2 heteroatoms. The van der Waals surface area contributed by atoms with Crippen molar-refractivity contribution < 1.29 is 4.57 Å². The molecule has 4 aromatic rings. The molecule has 1 aliphatic rings. The van der Waals surface area contributed by atoms with Crippen molar-refractivity contribution in [2.75, 3.05) is 0 Å². The molecule has 1 aliphatic heterocycles. The minimum atomic E-state index is 0.431. The molecule has 90 valence electrons. The van der Waals surface area contributed by atoms with Crippen molar-refractivity contribution in [2.45, 2.75) is 13.0 Å². The summed E-state index contributed by atoms with van der Waals surface area (Å²) in [4.78, 5) is 0. The molecule has 0 saturated carbocycles. The molecule has 0 saturated heterocycles. The SMILES string of the molecule is CC1c2cccc3c4ccccc4n4cc[n+]1c4c23. The monoisotopic (exact) mass is 245 g/mol. The molecular formula is C17H13N2+. The summed E-state index contributed by atoms with van der Waals surface area (Å²) in [6.45, 7) is 2.28. The third-order valence-corrected chi connectivity index (χ3v) is 4.49. The van der Waals surface area contributed by atoms with E-state index in [0.717, 1.165) is 0 Å². The quantitative estimate of drug-likeness (QED) is 0.331. The second-order valence-corrected chi connectivity index (χ2v) is 5.36. The van der Waals surface area contributed by atoms with Crippen molar-refractivity contribution in [3.63, 3.8) is 0 Å². The standard InChI is InChI=1S/C17H13N2/c1-11-12-6-4-7-14-13-5-2-3-8-15(13)19-10-9-18(11)17(19)16(12)14/h2-11H,1H3/q+1. The Morgan fingerprint density at radius 3 is 2.79 bits per heavy atom. The van der Waals surface area contributed by atoms with Gasteiger partial charge in [-0.25, -0.2) is 4.57 Å². The number of rotatable bonds is 0. The first kappa shape index (κ1) is 9.56. The van der Waals surface area contributed by atoms with Crippen LogP contribution in [0.1, 0.15) is 18.5 Å². The molecule has 3 heterocycles. The van der Waals surface area contributed by atoms with Crippen molar-refractivity contribution in [2.24, 2.45) is 0 Å². The summed E-state index contributed by atoms with van der Waals surface area (Å²) in [5, 5.41) is 4.12. The summed E-state index contributed by atoms with van der Waals surface area (Å²) in [5.41, 5.74) is 4.06. The van der Waals surface area contributed by atoms with E-state index in [-0.39, 0.29) is 0 Å². The van der Waals surface area contributed by atoms with E-state index >= 15 is 0 Å². The maximum absolute atomic E-state index is 2.38. The summed E-state index contributed by atoms with van der Waals surface area (Å²) < 4.78 is 4.70. The molecule has 0 fully saturated rings. The van der Waals surface area contributed by atoms with Gasteiger partial charge in [0.25, 0.3) is 5.65 Å². The van der Waals surface area contributed by atoms with Gasteiger partial charge in [-0.05, 0) is 13.0 Å². The summed E-state index contributed by atoms with van der Waals surface area (Å²) >= 11 is 0. The van der Waals surface area contributed by atoms with Gasteiger partial charge in [0.2, 0.25) is 0 Å². The number of nitrogens with zero attached hydrogens (tertiary/aromatic N) is 2. The van der Waals surface area contributed by atoms with Gasteiger partial charge in [-0.1, -0.05) is 36.4 Å². The zero-order chi connectivity index (χ0) is 12.6. The third kappa shape index (κ3) is 0.942. The molecule has 0 bridgehead atoms. The van der Waals surface area contributed by atoms with E-state index in [4.69, 9.17) is 0 Å². The molecule has 1 unspecified atom stereocenters. The molecule has 0 radical (unpaired) electrons. The largest absolute Gasteiger partial charge is 0.295 e. The van der Waals surface area contributed by atoms with Gasteiger partial charge in [-0.3, -0.25) is 0 Å². The lowest BCUT2D eigenvalue weighted by Crippen LogP contribution is -2.33. The fourth-order valence-corrected chi connectivity index (χ4v) is 3.61. The highest BCUT2D eigenvalue weighted by Crippen LogP contribution is 2.36. The fourth-order valence-electron chi connectivity index (χ4n) is 3.61. The lowest BCUT2D eigenvalue weighted by Gasteiger charge is -2.04. The fraction of sp³-hybridized carbons (Fsp3) is 0.118. The van der Waals surface area contributed by atoms with Crippen molar-refractivity contribution in [1.29, 1.82) is 0 Å². The second kappa shape index (κ2) is 2.97. The van der Waals surface area contributed by atoms with Crippen LogP contribution in [0.15, 0.2) is 54.9 Å². The molecule has 0 spiro atoms. The first-order valence-corrected chi connectivity index (χ1v) is 6.72. The smallest absolute Gasteiger partial charge is 0.223 e. The van der Waals surface area contributed by atoms with Gasteiger partial charge in [0, 0.05) is 16.3 Å². The van der Waals surface area contributed by atoms with Crippen LogP contribution >= 0.6 is 0 Å². The molecule has 0 N–H and O–H groups in total. The minimum absolute atomic E-state index is 0.431. The Hall–Kier alpha value is -2.35. The number of pyridine rings is 1. The maximum Gasteiger partial charge on any atom is 0.295 e. The van der Waals surface area contributed by atoms with Gasteiger partial charge in [-0.2, -0.15) is 4.40 Å². The first-order chi connectivity index (χ1) is 9.36. The topological polar surface area (TPSA) is 8.29 Å². The van der Waals surface area contributed by atoms with Crippen LogP contribution in [-0.4, -0.2) is 4.40 Å². The van der Waals surface area contributed by atoms with Crippen LogP contribution in [0.25, 0.3) is 27.3 Å². The van der Waals surface area contributed by atoms with E-state index in [1.807, 2.05) is 0 Å². The number of fused-ring (bicyclic) bond motifs is 3. The normalized spacial score (nSPS) is 17.2. The van der Waals surface area contributed by atoms with Gasteiger partial charge < -0.3 is 0 Å². The van der Waals surface area contributed by atoms with Gasteiger partial charge in [0.05, 0.1) is 5.39 Å². The van der Waals surface area contributed by atoms with E-state index in [0.29, 0.717) is 6.04 Å². The van der Waals surface area contributed by atoms with E-state index in [9.17, 15) is 0 Å². The highest BCUT2D eigenvalue weighted by molar-refractivity contribution is 6.12. The Morgan fingerprint density at radius 1 is 1.00 bits per heavy atom. The summed E-state index contributed by atoms with van der Waals surface area (Å²) in [6, 6.07) is 15.8. The number of hydrogen-bond donors (Lipinski definition) is 0. The molecule has 2 aromatic heterocycles. The van der Waals surface area contributed by atoms with E-state index in [1.54, 1.807) is 0 Å².